The molecular weight excluding hydrogens is 157 g/mol. The van der Waals surface area contributed by atoms with Crippen molar-refractivity contribution in [2.45, 2.75) is 0 Å². The standard InChI is InChI=1S/C6H6BN3O2/c11-7(12)6-9-4-2-1-3-8-5(4)10-6/h1-3,11-12H,(H,8,9,10). The Balaban J connectivity index is 2.62. The largest absolute Gasteiger partial charge is 0.526 e. The van der Waals surface area contributed by atoms with Crippen molar-refractivity contribution in [1.82, 2.24) is 15.0 Å². The summed E-state index contributed by atoms with van der Waals surface area (Å²) in [6, 6.07) is 3.51. The van der Waals surface area contributed by atoms with E-state index in [1.165, 1.54) is 0 Å². The van der Waals surface area contributed by atoms with Crippen LogP contribution in [0.2, 0.25) is 0 Å². The molecule has 0 aromatic carbocycles. The minimum atomic E-state index is -1.57. The van der Waals surface area contributed by atoms with E-state index < -0.39 is 7.12 Å². The Morgan fingerprint density at radius 2 is 2.25 bits per heavy atom. The number of pyridine rings is 1. The summed E-state index contributed by atoms with van der Waals surface area (Å²) < 4.78 is 0. The van der Waals surface area contributed by atoms with Gasteiger partial charge in [0.05, 0.1) is 5.52 Å². The van der Waals surface area contributed by atoms with E-state index in [0.717, 1.165) is 0 Å². The van der Waals surface area contributed by atoms with E-state index in [0.29, 0.717) is 11.2 Å². The molecule has 0 saturated heterocycles. The van der Waals surface area contributed by atoms with E-state index in [1.807, 2.05) is 0 Å². The molecule has 0 fully saturated rings. The van der Waals surface area contributed by atoms with Crippen LogP contribution in [0.5, 0.6) is 0 Å². The van der Waals surface area contributed by atoms with E-state index >= 15 is 0 Å². The van der Waals surface area contributed by atoms with Gasteiger partial charge >= 0.3 is 7.12 Å². The number of fused-ring (bicyclic) bond motifs is 1. The molecule has 60 valence electrons. The van der Waals surface area contributed by atoms with E-state index in [1.54, 1.807) is 18.3 Å². The highest BCUT2D eigenvalue weighted by molar-refractivity contribution is 6.56. The van der Waals surface area contributed by atoms with Gasteiger partial charge in [-0.15, -0.1) is 0 Å². The minimum absolute atomic E-state index is 0.115. The number of hydrogen-bond donors (Lipinski definition) is 3. The molecule has 0 bridgehead atoms. The lowest BCUT2D eigenvalue weighted by Gasteiger charge is -1.87. The van der Waals surface area contributed by atoms with Gasteiger partial charge < -0.3 is 15.0 Å². The van der Waals surface area contributed by atoms with Gasteiger partial charge in [0.15, 0.2) is 5.65 Å². The van der Waals surface area contributed by atoms with Crippen LogP contribution in [-0.4, -0.2) is 32.1 Å². The minimum Gasteiger partial charge on any atom is -0.421 e. The molecule has 0 amide bonds. The second-order valence-corrected chi connectivity index (χ2v) is 2.37. The molecule has 2 heterocycles. The third-order valence-corrected chi connectivity index (χ3v) is 1.52. The number of hydrogen-bond acceptors (Lipinski definition) is 4. The molecule has 0 aliphatic rings. The Morgan fingerprint density at radius 3 is 2.92 bits per heavy atom. The quantitative estimate of drug-likeness (QED) is 0.453. The topological polar surface area (TPSA) is 82.0 Å². The summed E-state index contributed by atoms with van der Waals surface area (Å²) >= 11 is 0. The average Bonchev–Trinajstić information content (AvgIpc) is 2.46. The molecule has 2 aromatic heterocycles. The van der Waals surface area contributed by atoms with Crippen molar-refractivity contribution in [3.63, 3.8) is 0 Å². The summed E-state index contributed by atoms with van der Waals surface area (Å²) in [7, 11) is -1.57. The molecule has 2 rings (SSSR count). The zero-order chi connectivity index (χ0) is 8.55. The Bertz CT molecular complexity index is 367. The van der Waals surface area contributed by atoms with Crippen molar-refractivity contribution in [3.8, 4) is 0 Å². The van der Waals surface area contributed by atoms with E-state index in [9.17, 15) is 0 Å². The maximum atomic E-state index is 8.76. The SMILES string of the molecule is OB(O)c1nc2ncccc2[nH]1. The van der Waals surface area contributed by atoms with Crippen LogP contribution < -0.4 is 5.72 Å². The monoisotopic (exact) mass is 163 g/mol. The Hall–Kier alpha value is -1.40. The smallest absolute Gasteiger partial charge is 0.421 e. The molecular formula is C6H6BN3O2. The first kappa shape index (κ1) is 7.26. The van der Waals surface area contributed by atoms with E-state index in [4.69, 9.17) is 10.0 Å². The van der Waals surface area contributed by atoms with Gasteiger partial charge in [-0.1, -0.05) is 0 Å². The van der Waals surface area contributed by atoms with Crippen LogP contribution in [0.25, 0.3) is 11.2 Å². The number of aromatic nitrogens is 3. The van der Waals surface area contributed by atoms with Crippen molar-refractivity contribution in [3.05, 3.63) is 18.3 Å². The van der Waals surface area contributed by atoms with Crippen molar-refractivity contribution in [2.75, 3.05) is 0 Å². The first-order chi connectivity index (χ1) is 5.77. The van der Waals surface area contributed by atoms with Gasteiger partial charge in [-0.2, -0.15) is 0 Å². The number of nitrogens with one attached hydrogen (secondary N) is 1. The molecule has 12 heavy (non-hydrogen) atoms. The second-order valence-electron chi connectivity index (χ2n) is 2.37. The fourth-order valence-corrected chi connectivity index (χ4v) is 0.986. The average molecular weight is 163 g/mol. The van der Waals surface area contributed by atoms with Crippen LogP contribution >= 0.6 is 0 Å². The number of rotatable bonds is 1. The molecule has 0 unspecified atom stereocenters. The van der Waals surface area contributed by atoms with Gasteiger partial charge in [-0.05, 0) is 12.1 Å². The van der Waals surface area contributed by atoms with Crippen molar-refractivity contribution in [2.24, 2.45) is 0 Å². The van der Waals surface area contributed by atoms with Gasteiger partial charge in [0.2, 0.25) is 0 Å². The maximum absolute atomic E-state index is 8.76. The number of nitrogens with zero attached hydrogens (tertiary/aromatic N) is 2. The molecule has 0 spiro atoms. The third-order valence-electron chi connectivity index (χ3n) is 1.52. The summed E-state index contributed by atoms with van der Waals surface area (Å²) in [6.45, 7) is 0. The van der Waals surface area contributed by atoms with Crippen molar-refractivity contribution >= 4 is 24.0 Å². The van der Waals surface area contributed by atoms with Gasteiger partial charge in [-0.3, -0.25) is 0 Å². The highest BCUT2D eigenvalue weighted by atomic mass is 16.4. The molecule has 0 saturated carbocycles. The summed E-state index contributed by atoms with van der Waals surface area (Å²) in [5, 5.41) is 17.5. The van der Waals surface area contributed by atoms with Crippen LogP contribution in [-0.2, 0) is 0 Å². The highest BCUT2D eigenvalue weighted by Gasteiger charge is 2.15. The lowest BCUT2D eigenvalue weighted by Crippen LogP contribution is -2.33. The van der Waals surface area contributed by atoms with E-state index in [2.05, 4.69) is 15.0 Å². The summed E-state index contributed by atoms with van der Waals surface area (Å²) in [6.07, 6.45) is 1.59. The normalized spacial score (nSPS) is 10.5. The molecule has 0 radical (unpaired) electrons. The lowest BCUT2D eigenvalue weighted by molar-refractivity contribution is 0.423. The molecule has 3 N–H and O–H groups in total. The van der Waals surface area contributed by atoms with Gasteiger partial charge in [0, 0.05) is 6.20 Å². The summed E-state index contributed by atoms with van der Waals surface area (Å²) in [5.41, 5.74) is 1.30. The second kappa shape index (κ2) is 2.58. The predicted molar refractivity (Wildman–Crippen MR) is 43.7 cm³/mol. The Morgan fingerprint density at radius 1 is 1.42 bits per heavy atom. The van der Waals surface area contributed by atoms with Crippen LogP contribution in [0, 0.1) is 0 Å². The van der Waals surface area contributed by atoms with Crippen molar-refractivity contribution < 1.29 is 10.0 Å². The number of aromatic amines is 1. The lowest BCUT2D eigenvalue weighted by atomic mass is 9.91. The third kappa shape index (κ3) is 1.07. The van der Waals surface area contributed by atoms with Gasteiger partial charge in [-0.25, -0.2) is 9.97 Å². The predicted octanol–water partition coefficient (Wildman–Crippen LogP) is -1.36. The Labute approximate surface area is 68.2 Å². The molecule has 6 heteroatoms. The van der Waals surface area contributed by atoms with E-state index in [-0.39, 0.29) is 5.72 Å². The number of imidazole rings is 1. The molecule has 0 atom stereocenters. The van der Waals surface area contributed by atoms with Crippen LogP contribution in [0.4, 0.5) is 0 Å². The summed E-state index contributed by atoms with van der Waals surface area (Å²) in [4.78, 5) is 10.5. The van der Waals surface area contributed by atoms with Gasteiger partial charge in [0.1, 0.15) is 5.72 Å². The number of H-pyrrole nitrogens is 1. The fourth-order valence-electron chi connectivity index (χ4n) is 0.986. The molecule has 0 aliphatic carbocycles. The zero-order valence-electron chi connectivity index (χ0n) is 6.10. The fraction of sp³-hybridized carbons (Fsp3) is 0. The molecule has 0 aliphatic heterocycles. The highest BCUT2D eigenvalue weighted by Crippen LogP contribution is 2.01. The zero-order valence-corrected chi connectivity index (χ0v) is 6.10. The Kier molecular flexibility index (Phi) is 1.56. The van der Waals surface area contributed by atoms with Gasteiger partial charge in [0.25, 0.3) is 0 Å². The van der Waals surface area contributed by atoms with Crippen LogP contribution in [0.3, 0.4) is 0 Å². The van der Waals surface area contributed by atoms with Crippen LogP contribution in [0.1, 0.15) is 0 Å². The maximum Gasteiger partial charge on any atom is 0.526 e. The summed E-state index contributed by atoms with van der Waals surface area (Å²) in [5.74, 6) is 0. The molecule has 2 aromatic rings. The van der Waals surface area contributed by atoms with Crippen molar-refractivity contribution in [1.29, 1.82) is 0 Å². The molecule has 5 nitrogen and oxygen atoms in total. The first-order valence-corrected chi connectivity index (χ1v) is 3.44. The first-order valence-electron chi connectivity index (χ1n) is 3.44. The van der Waals surface area contributed by atoms with Crippen LogP contribution in [0.15, 0.2) is 18.3 Å².